The van der Waals surface area contributed by atoms with E-state index in [1.165, 1.54) is 44.9 Å². The summed E-state index contributed by atoms with van der Waals surface area (Å²) >= 11 is 0. The molecule has 5 aliphatic rings. The maximum absolute atomic E-state index is 11.4. The Morgan fingerprint density at radius 3 is 2.67 bits per heavy atom. The van der Waals surface area contributed by atoms with E-state index in [0.29, 0.717) is 16.7 Å². The summed E-state index contributed by atoms with van der Waals surface area (Å²) in [6.45, 7) is 4.11. The monoisotopic (exact) mass is 372 g/mol. The van der Waals surface area contributed by atoms with E-state index in [4.69, 9.17) is 4.74 Å². The second-order valence-electron chi connectivity index (χ2n) is 10.7. The molecule has 0 aliphatic heterocycles. The summed E-state index contributed by atoms with van der Waals surface area (Å²) < 4.78 is 5.60. The first-order valence-corrected chi connectivity index (χ1v) is 11.5. The summed E-state index contributed by atoms with van der Waals surface area (Å²) in [6.07, 6.45) is 16.9. The average Bonchev–Trinajstić information content (AvgIpc) is 3.03. The first kappa shape index (κ1) is 18.2. The highest BCUT2D eigenvalue weighted by atomic mass is 16.5. The Morgan fingerprint density at radius 2 is 1.85 bits per heavy atom. The van der Waals surface area contributed by atoms with Crippen LogP contribution in [-0.4, -0.2) is 23.3 Å². The van der Waals surface area contributed by atoms with Gasteiger partial charge in [0.15, 0.2) is 0 Å². The number of aliphatic hydroxyl groups is 1. The quantitative estimate of drug-likeness (QED) is 0.527. The van der Waals surface area contributed by atoms with E-state index in [1.54, 1.807) is 6.92 Å². The maximum Gasteiger partial charge on any atom is 0.302 e. The molecule has 0 radical (unpaired) electrons. The minimum atomic E-state index is -0.114. The van der Waals surface area contributed by atoms with Crippen LogP contribution in [0.15, 0.2) is 12.2 Å². The summed E-state index contributed by atoms with van der Waals surface area (Å²) in [5, 5.41) is 10.7. The molecule has 1 N–H and O–H groups in total. The van der Waals surface area contributed by atoms with Crippen LogP contribution in [0.2, 0.25) is 0 Å². The first-order chi connectivity index (χ1) is 12.9. The van der Waals surface area contributed by atoms with Crippen LogP contribution in [0.1, 0.15) is 78.1 Å². The molecule has 5 aliphatic carbocycles. The fourth-order valence-corrected chi connectivity index (χ4v) is 8.80. The minimum absolute atomic E-state index is 0.109. The highest BCUT2D eigenvalue weighted by molar-refractivity contribution is 5.66. The van der Waals surface area contributed by atoms with E-state index in [-0.39, 0.29) is 18.2 Å². The highest BCUT2D eigenvalue weighted by Crippen LogP contribution is 2.69. The molecule has 0 aromatic heterocycles. The molecule has 0 amide bonds. The van der Waals surface area contributed by atoms with E-state index in [0.717, 1.165) is 42.9 Å². The Morgan fingerprint density at radius 1 is 1.04 bits per heavy atom. The molecular formula is C24H36O3. The summed E-state index contributed by atoms with van der Waals surface area (Å²) in [7, 11) is 0. The molecule has 9 atom stereocenters. The second kappa shape index (κ2) is 6.34. The van der Waals surface area contributed by atoms with Gasteiger partial charge in [-0.2, -0.15) is 0 Å². The van der Waals surface area contributed by atoms with Crippen LogP contribution < -0.4 is 0 Å². The van der Waals surface area contributed by atoms with Crippen molar-refractivity contribution < 1.29 is 14.6 Å². The normalized spacial score (nSPS) is 53.7. The van der Waals surface area contributed by atoms with Crippen molar-refractivity contribution in [2.45, 2.75) is 90.3 Å². The van der Waals surface area contributed by atoms with E-state index in [1.807, 2.05) is 0 Å². The summed E-state index contributed by atoms with van der Waals surface area (Å²) in [6, 6.07) is 0. The van der Waals surface area contributed by atoms with E-state index < -0.39 is 0 Å². The van der Waals surface area contributed by atoms with Crippen molar-refractivity contribution in [3.63, 3.8) is 0 Å². The van der Waals surface area contributed by atoms with Gasteiger partial charge in [0.05, 0.1) is 6.10 Å². The van der Waals surface area contributed by atoms with Crippen LogP contribution in [0.3, 0.4) is 0 Å². The van der Waals surface area contributed by atoms with Gasteiger partial charge in [-0.25, -0.2) is 0 Å². The first-order valence-electron chi connectivity index (χ1n) is 11.5. The number of hydrogen-bond acceptors (Lipinski definition) is 3. The maximum atomic E-state index is 11.4. The number of carbonyl (C=O) groups is 1. The van der Waals surface area contributed by atoms with Gasteiger partial charge in [-0.05, 0) is 105 Å². The lowest BCUT2D eigenvalue weighted by Crippen LogP contribution is -2.55. The molecule has 5 rings (SSSR count). The Kier molecular flexibility index (Phi) is 4.28. The molecule has 3 nitrogen and oxygen atoms in total. The molecule has 0 heterocycles. The average molecular weight is 373 g/mol. The third-order valence-electron chi connectivity index (χ3n) is 9.87. The van der Waals surface area contributed by atoms with Crippen molar-refractivity contribution in [1.29, 1.82) is 0 Å². The van der Waals surface area contributed by atoms with Crippen LogP contribution in [-0.2, 0) is 9.53 Å². The zero-order chi connectivity index (χ0) is 18.8. The molecule has 0 aromatic carbocycles. The van der Waals surface area contributed by atoms with E-state index >= 15 is 0 Å². The lowest BCUT2D eigenvalue weighted by Gasteiger charge is -2.61. The van der Waals surface area contributed by atoms with E-state index in [2.05, 4.69) is 19.1 Å². The third kappa shape index (κ3) is 2.59. The molecule has 3 heteroatoms. The zero-order valence-corrected chi connectivity index (χ0v) is 17.0. The fraction of sp³-hybridized carbons (Fsp3) is 0.875. The van der Waals surface area contributed by atoms with Crippen molar-refractivity contribution in [1.82, 2.24) is 0 Å². The van der Waals surface area contributed by atoms with Crippen LogP contribution >= 0.6 is 0 Å². The van der Waals surface area contributed by atoms with E-state index in [9.17, 15) is 9.90 Å². The number of fused-ring (bicyclic) bond motifs is 4. The second-order valence-corrected chi connectivity index (χ2v) is 10.7. The van der Waals surface area contributed by atoms with Gasteiger partial charge in [0.1, 0.15) is 6.10 Å². The van der Waals surface area contributed by atoms with Crippen LogP contribution in [0.25, 0.3) is 0 Å². The van der Waals surface area contributed by atoms with Gasteiger partial charge in [-0.1, -0.05) is 19.1 Å². The molecule has 0 saturated heterocycles. The zero-order valence-electron chi connectivity index (χ0n) is 17.0. The molecule has 4 fully saturated rings. The number of hydrogen-bond donors (Lipinski definition) is 1. The summed E-state index contributed by atoms with van der Waals surface area (Å²) in [4.78, 5) is 11.4. The largest absolute Gasteiger partial charge is 0.463 e. The summed E-state index contributed by atoms with van der Waals surface area (Å²) in [5.74, 6) is 3.57. The topological polar surface area (TPSA) is 46.5 Å². The van der Waals surface area contributed by atoms with Crippen LogP contribution in [0.4, 0.5) is 0 Å². The van der Waals surface area contributed by atoms with Gasteiger partial charge < -0.3 is 9.84 Å². The summed E-state index contributed by atoms with van der Waals surface area (Å²) in [5.41, 5.74) is 0.729. The Bertz CT molecular complexity index is 642. The van der Waals surface area contributed by atoms with Crippen LogP contribution in [0.5, 0.6) is 0 Å². The van der Waals surface area contributed by atoms with Gasteiger partial charge >= 0.3 is 5.97 Å². The van der Waals surface area contributed by atoms with Gasteiger partial charge in [-0.3, -0.25) is 4.79 Å². The number of allylic oxidation sites excluding steroid dienone is 1. The lowest BCUT2D eigenvalue weighted by molar-refractivity contribution is -0.160. The van der Waals surface area contributed by atoms with Crippen molar-refractivity contribution >= 4 is 5.97 Å². The molecule has 5 unspecified atom stereocenters. The predicted octanol–water partition coefficient (Wildman–Crippen LogP) is 4.88. The van der Waals surface area contributed by atoms with Gasteiger partial charge in [-0.15, -0.1) is 0 Å². The molecule has 27 heavy (non-hydrogen) atoms. The molecule has 150 valence electrons. The molecule has 1 spiro atoms. The van der Waals surface area contributed by atoms with Gasteiger partial charge in [0, 0.05) is 6.92 Å². The lowest BCUT2D eigenvalue weighted by atomic mass is 9.44. The van der Waals surface area contributed by atoms with Gasteiger partial charge in [0.25, 0.3) is 0 Å². The van der Waals surface area contributed by atoms with Crippen molar-refractivity contribution in [2.75, 3.05) is 0 Å². The van der Waals surface area contributed by atoms with Crippen molar-refractivity contribution in [3.8, 4) is 0 Å². The third-order valence-corrected chi connectivity index (χ3v) is 9.87. The Labute approximate surface area is 163 Å². The molecule has 4 saturated carbocycles. The number of rotatable bonds is 1. The SMILES string of the molecule is CC(=O)O[C@@H]1CC[C@]2(C)C3CC[C@]45C=CCC(O)C4CCC5C3CC[C@H]2C1. The van der Waals surface area contributed by atoms with Crippen molar-refractivity contribution in [3.05, 3.63) is 12.2 Å². The number of ether oxygens (including phenoxy) is 1. The number of aliphatic hydroxyl groups excluding tert-OH is 1. The number of carbonyl (C=O) groups excluding carboxylic acids is 1. The Balaban J connectivity index is 1.39. The fourth-order valence-electron chi connectivity index (χ4n) is 8.80. The molecule has 0 bridgehead atoms. The Hall–Kier alpha value is -0.830. The smallest absolute Gasteiger partial charge is 0.302 e. The van der Waals surface area contributed by atoms with Crippen molar-refractivity contribution in [2.24, 2.45) is 40.4 Å². The van der Waals surface area contributed by atoms with Crippen LogP contribution in [0, 0.1) is 40.4 Å². The van der Waals surface area contributed by atoms with Gasteiger partial charge in [0.2, 0.25) is 0 Å². The standard InChI is InChI=1S/C24H36O3/c1-15(25)27-17-9-12-23(2)16(14-17)5-6-18-19(23)10-13-24-11-3-4-22(26)21(24)8-7-20(18)24/h3,11,16-22,26H,4-10,12-14H2,1-2H3/t16-,17+,18?,19?,20?,21?,22?,23-,24-/m0/s1. The highest BCUT2D eigenvalue weighted by Gasteiger charge is 2.62. The number of esters is 1. The molecule has 0 aromatic rings. The predicted molar refractivity (Wildman–Crippen MR) is 105 cm³/mol. The minimum Gasteiger partial charge on any atom is -0.463 e. The molecular weight excluding hydrogens is 336 g/mol.